The van der Waals surface area contributed by atoms with Crippen LogP contribution in [0.15, 0.2) is 54.7 Å². The summed E-state index contributed by atoms with van der Waals surface area (Å²) in [6.07, 6.45) is -12.1. The molecule has 1 aromatic heterocycles. The number of ether oxygens (including phenoxy) is 1. The summed E-state index contributed by atoms with van der Waals surface area (Å²) in [6.45, 7) is 7.22. The monoisotopic (exact) mass is 693 g/mol. The maximum absolute atomic E-state index is 10.6. The summed E-state index contributed by atoms with van der Waals surface area (Å²) in [5.41, 5.74) is 2.82. The van der Waals surface area contributed by atoms with E-state index in [1.165, 1.54) is 31.6 Å². The number of carbonyl (C=O) groups is 3. The molecule has 2 fully saturated rings. The average Bonchev–Trinajstić information content (AvgIpc) is 3.50. The summed E-state index contributed by atoms with van der Waals surface area (Å²) in [4.78, 5) is 36.2. The lowest BCUT2D eigenvalue weighted by atomic mass is 9.77. The normalized spacial score (nSPS) is 19.8. The highest BCUT2D eigenvalue weighted by Crippen LogP contribution is 2.44. The van der Waals surface area contributed by atoms with E-state index in [0.29, 0.717) is 17.9 Å². The number of rotatable bonds is 6. The summed E-state index contributed by atoms with van der Waals surface area (Å²) in [5.74, 6) is -7.66. The second kappa shape index (κ2) is 17.8. The highest BCUT2D eigenvalue weighted by molar-refractivity contribution is 5.73. The van der Waals surface area contributed by atoms with Crippen LogP contribution in [0, 0.1) is 11.3 Å². The van der Waals surface area contributed by atoms with Crippen LogP contribution < -0.4 is 0 Å². The van der Waals surface area contributed by atoms with Crippen molar-refractivity contribution in [2.75, 3.05) is 39.8 Å². The molecule has 2 atom stereocenters. The third-order valence-corrected chi connectivity index (χ3v) is 6.72. The molecule has 3 N–H and O–H groups in total. The Morgan fingerprint density at radius 1 is 0.830 bits per heavy atom. The third kappa shape index (κ3) is 15.4. The fourth-order valence-corrected chi connectivity index (χ4v) is 4.74. The number of likely N-dealkylation sites (tertiary alicyclic amines) is 2. The lowest BCUT2D eigenvalue weighted by Crippen LogP contribution is -2.36. The topological polar surface area (TPSA) is 140 Å². The summed E-state index contributed by atoms with van der Waals surface area (Å²) >= 11 is 0. The molecule has 264 valence electrons. The van der Waals surface area contributed by atoms with Crippen LogP contribution in [0.2, 0.25) is 0 Å². The van der Waals surface area contributed by atoms with E-state index in [1.54, 1.807) is 0 Å². The standard InChI is InChI=1S/C22H29N3O.3C2HF3O2/c1-24-14-20(15-26-16-21-9-5-6-11-23-21)22(17-24)10-12-25(18-22)13-19-7-3-2-4-8-19;3*3-2(4,5)1(6)7/h2-9,11,20H,10,12-18H2,1H3;3*(H,6,7)/t20-,22+;;;/m0.../s1. The van der Waals surface area contributed by atoms with Gasteiger partial charge in [-0.2, -0.15) is 39.5 Å². The number of hydrogen-bond acceptors (Lipinski definition) is 7. The third-order valence-electron chi connectivity index (χ3n) is 6.72. The highest BCUT2D eigenvalue weighted by Gasteiger charge is 2.49. The first-order valence-corrected chi connectivity index (χ1v) is 13.4. The Hall–Kier alpha value is -3.97. The first-order chi connectivity index (χ1) is 21.6. The number of carboxylic acid groups (broad SMARTS) is 3. The molecule has 10 nitrogen and oxygen atoms in total. The first kappa shape index (κ1) is 41.1. The van der Waals surface area contributed by atoms with E-state index >= 15 is 0 Å². The molecule has 19 heteroatoms. The van der Waals surface area contributed by atoms with Gasteiger partial charge in [-0.05, 0) is 37.7 Å². The van der Waals surface area contributed by atoms with Crippen LogP contribution in [0.4, 0.5) is 39.5 Å². The van der Waals surface area contributed by atoms with E-state index < -0.39 is 36.4 Å². The molecule has 2 aromatic rings. The number of halogens is 9. The Morgan fingerprint density at radius 2 is 1.32 bits per heavy atom. The number of carboxylic acids is 3. The number of benzene rings is 1. The van der Waals surface area contributed by atoms with Gasteiger partial charge in [0.15, 0.2) is 0 Å². The van der Waals surface area contributed by atoms with Crippen LogP contribution in [-0.4, -0.2) is 106 Å². The van der Waals surface area contributed by atoms with E-state index in [2.05, 4.69) is 52.2 Å². The minimum Gasteiger partial charge on any atom is -0.475 e. The van der Waals surface area contributed by atoms with Gasteiger partial charge in [0.1, 0.15) is 0 Å². The second-order valence-corrected chi connectivity index (χ2v) is 10.4. The molecule has 4 rings (SSSR count). The van der Waals surface area contributed by atoms with Crippen molar-refractivity contribution in [3.8, 4) is 0 Å². The SMILES string of the molecule is CN1C[C@@H](COCc2ccccn2)[C@]2(CCN(Cc3ccccc3)C2)C1.O=C(O)C(F)(F)F.O=C(O)C(F)(F)F.O=C(O)C(F)(F)F. The highest BCUT2D eigenvalue weighted by atomic mass is 19.4. The summed E-state index contributed by atoms with van der Waals surface area (Å²) in [6, 6.07) is 16.8. The van der Waals surface area contributed by atoms with Gasteiger partial charge < -0.3 is 25.0 Å². The minimum atomic E-state index is -5.08. The van der Waals surface area contributed by atoms with Crippen LogP contribution >= 0.6 is 0 Å². The van der Waals surface area contributed by atoms with Crippen molar-refractivity contribution in [3.63, 3.8) is 0 Å². The van der Waals surface area contributed by atoms with Gasteiger partial charge in [-0.3, -0.25) is 9.88 Å². The molecular weight excluding hydrogens is 661 g/mol. The van der Waals surface area contributed by atoms with Gasteiger partial charge in [-0.25, -0.2) is 14.4 Å². The molecule has 2 saturated heterocycles. The maximum Gasteiger partial charge on any atom is 0.490 e. The van der Waals surface area contributed by atoms with Crippen LogP contribution in [0.3, 0.4) is 0 Å². The zero-order valence-electron chi connectivity index (χ0n) is 24.6. The van der Waals surface area contributed by atoms with Gasteiger partial charge in [0.05, 0.1) is 18.9 Å². The zero-order valence-corrected chi connectivity index (χ0v) is 24.6. The van der Waals surface area contributed by atoms with E-state index in [0.717, 1.165) is 25.4 Å². The van der Waals surface area contributed by atoms with E-state index in [4.69, 9.17) is 34.4 Å². The molecular formula is C28H32F9N3O7. The lowest BCUT2D eigenvalue weighted by Gasteiger charge is -2.30. The van der Waals surface area contributed by atoms with Gasteiger partial charge in [0.2, 0.25) is 0 Å². The molecule has 47 heavy (non-hydrogen) atoms. The van der Waals surface area contributed by atoms with Crippen molar-refractivity contribution in [1.29, 1.82) is 0 Å². The molecule has 3 heterocycles. The number of aliphatic carboxylic acids is 3. The van der Waals surface area contributed by atoms with E-state index in [9.17, 15) is 39.5 Å². The van der Waals surface area contributed by atoms with Gasteiger partial charge in [0, 0.05) is 43.7 Å². The fourth-order valence-electron chi connectivity index (χ4n) is 4.74. The predicted octanol–water partition coefficient (Wildman–Crippen LogP) is 4.95. The Balaban J connectivity index is 0.000000430. The van der Waals surface area contributed by atoms with Gasteiger partial charge in [-0.15, -0.1) is 0 Å². The molecule has 0 aliphatic carbocycles. The Labute approximate surface area is 262 Å². The molecule has 0 bridgehead atoms. The van der Waals surface area contributed by atoms with Crippen LogP contribution in [0.1, 0.15) is 17.7 Å². The average molecular weight is 694 g/mol. The molecule has 0 saturated carbocycles. The molecule has 2 aliphatic heterocycles. The molecule has 0 radical (unpaired) electrons. The molecule has 1 aromatic carbocycles. The van der Waals surface area contributed by atoms with Crippen LogP contribution in [0.25, 0.3) is 0 Å². The van der Waals surface area contributed by atoms with E-state index in [1.807, 2.05) is 24.4 Å². The zero-order chi connectivity index (χ0) is 36.1. The predicted molar refractivity (Wildman–Crippen MR) is 145 cm³/mol. The molecule has 0 amide bonds. The van der Waals surface area contributed by atoms with Crippen LogP contribution in [-0.2, 0) is 32.3 Å². The fraction of sp³-hybridized carbons (Fsp3) is 0.500. The molecule has 2 aliphatic rings. The van der Waals surface area contributed by atoms with Gasteiger partial charge >= 0.3 is 36.4 Å². The van der Waals surface area contributed by atoms with Gasteiger partial charge in [-0.1, -0.05) is 36.4 Å². The van der Waals surface area contributed by atoms with Crippen molar-refractivity contribution in [2.24, 2.45) is 11.3 Å². The second-order valence-electron chi connectivity index (χ2n) is 10.4. The van der Waals surface area contributed by atoms with Crippen molar-refractivity contribution >= 4 is 17.9 Å². The first-order valence-electron chi connectivity index (χ1n) is 13.4. The Bertz CT molecular complexity index is 1210. The molecule has 1 spiro atoms. The maximum atomic E-state index is 10.6. The number of nitrogens with zero attached hydrogens (tertiary/aromatic N) is 3. The van der Waals surface area contributed by atoms with Gasteiger partial charge in [0.25, 0.3) is 0 Å². The van der Waals surface area contributed by atoms with Crippen molar-refractivity contribution in [3.05, 3.63) is 66.0 Å². The minimum absolute atomic E-state index is 0.383. The van der Waals surface area contributed by atoms with Crippen molar-refractivity contribution in [1.82, 2.24) is 14.8 Å². The summed E-state index contributed by atoms with van der Waals surface area (Å²) in [5, 5.41) is 21.4. The lowest BCUT2D eigenvalue weighted by molar-refractivity contribution is -0.193. The number of aromatic nitrogens is 1. The molecule has 0 unspecified atom stereocenters. The Morgan fingerprint density at radius 3 is 1.77 bits per heavy atom. The summed E-state index contributed by atoms with van der Waals surface area (Å²) in [7, 11) is 2.25. The smallest absolute Gasteiger partial charge is 0.475 e. The van der Waals surface area contributed by atoms with Crippen molar-refractivity contribution < 1.29 is 74.0 Å². The number of pyridine rings is 1. The van der Waals surface area contributed by atoms with E-state index in [-0.39, 0.29) is 0 Å². The quantitative estimate of drug-likeness (QED) is 0.356. The number of hydrogen-bond donors (Lipinski definition) is 3. The van der Waals surface area contributed by atoms with Crippen LogP contribution in [0.5, 0.6) is 0 Å². The number of alkyl halides is 9. The van der Waals surface area contributed by atoms with Crippen molar-refractivity contribution in [2.45, 2.75) is 38.1 Å². The Kier molecular flexibility index (Phi) is 15.6. The largest absolute Gasteiger partial charge is 0.490 e. The summed E-state index contributed by atoms with van der Waals surface area (Å²) < 4.78 is 101.